The summed E-state index contributed by atoms with van der Waals surface area (Å²) in [7, 11) is 0. The van der Waals surface area contributed by atoms with E-state index < -0.39 is 0 Å². The van der Waals surface area contributed by atoms with Crippen LogP contribution in [0.3, 0.4) is 0 Å². The maximum atomic E-state index is 12.9. The molecule has 7 heteroatoms. The Kier molecular flexibility index (Phi) is 5.88. The van der Waals surface area contributed by atoms with Crippen molar-refractivity contribution >= 4 is 28.5 Å². The number of likely N-dealkylation sites (tertiary alicyclic amines) is 1. The molecule has 0 bridgehead atoms. The van der Waals surface area contributed by atoms with Crippen LogP contribution in [0, 0.1) is 0 Å². The third kappa shape index (κ3) is 4.34. The maximum absolute atomic E-state index is 12.9. The molecule has 0 radical (unpaired) electrons. The molecule has 3 aromatic rings. The van der Waals surface area contributed by atoms with Gasteiger partial charge in [-0.1, -0.05) is 17.7 Å². The first-order chi connectivity index (χ1) is 13.7. The van der Waals surface area contributed by atoms with E-state index >= 15 is 0 Å². The first-order valence-electron chi connectivity index (χ1n) is 9.76. The third-order valence-electron chi connectivity index (χ3n) is 5.14. The number of hydrogen-bond donors (Lipinski definition) is 2. The second-order valence-electron chi connectivity index (χ2n) is 7.17. The van der Waals surface area contributed by atoms with Crippen molar-refractivity contribution in [1.82, 2.24) is 25.2 Å². The molecule has 6 nitrogen and oxygen atoms in total. The highest BCUT2D eigenvalue weighted by Gasteiger charge is 2.29. The molecule has 1 aliphatic rings. The van der Waals surface area contributed by atoms with Gasteiger partial charge in [0.25, 0.3) is 0 Å². The normalized spacial score (nSPS) is 15.8. The van der Waals surface area contributed by atoms with Crippen molar-refractivity contribution in [3.8, 4) is 0 Å². The van der Waals surface area contributed by atoms with E-state index in [0.717, 1.165) is 61.2 Å². The van der Waals surface area contributed by atoms with Crippen molar-refractivity contribution in [1.29, 1.82) is 0 Å². The van der Waals surface area contributed by atoms with Crippen molar-refractivity contribution in [2.75, 3.05) is 19.6 Å². The highest BCUT2D eigenvalue weighted by Crippen LogP contribution is 2.24. The number of carbonyl (C=O) groups is 1. The highest BCUT2D eigenvalue weighted by atomic mass is 35.5. The summed E-state index contributed by atoms with van der Waals surface area (Å²) in [4.78, 5) is 27.2. The fraction of sp³-hybridized carbons (Fsp3) is 0.381. The topological polar surface area (TPSA) is 73.9 Å². The second-order valence-corrected chi connectivity index (χ2v) is 7.61. The van der Waals surface area contributed by atoms with Crippen LogP contribution in [0.1, 0.15) is 36.7 Å². The van der Waals surface area contributed by atoms with Gasteiger partial charge >= 0.3 is 0 Å². The van der Waals surface area contributed by atoms with Crippen LogP contribution in [-0.4, -0.2) is 45.4 Å². The molecule has 1 aliphatic heterocycles. The number of fused-ring (bicyclic) bond motifs is 1. The predicted molar refractivity (Wildman–Crippen MR) is 110 cm³/mol. The summed E-state index contributed by atoms with van der Waals surface area (Å²) in [5.41, 5.74) is 2.81. The van der Waals surface area contributed by atoms with Gasteiger partial charge in [0.05, 0.1) is 11.0 Å². The van der Waals surface area contributed by atoms with Gasteiger partial charge < -0.3 is 10.3 Å². The Morgan fingerprint density at radius 3 is 2.93 bits per heavy atom. The summed E-state index contributed by atoms with van der Waals surface area (Å²) < 4.78 is 0. The van der Waals surface area contributed by atoms with E-state index in [2.05, 4.69) is 25.2 Å². The molecule has 1 amide bonds. The van der Waals surface area contributed by atoms with Crippen molar-refractivity contribution in [3.63, 3.8) is 0 Å². The van der Waals surface area contributed by atoms with Crippen molar-refractivity contribution in [2.45, 2.75) is 31.7 Å². The number of amides is 1. The largest absolute Gasteiger partial charge is 0.354 e. The number of benzene rings is 1. The SMILES string of the molecule is O=C(NCCCc1nc2ccc(Cl)cc2[nH]1)[C@H](c1cccnc1)N1CCCC1. The number of aromatic nitrogens is 3. The van der Waals surface area contributed by atoms with Gasteiger partial charge in [0.15, 0.2) is 0 Å². The first-order valence-corrected chi connectivity index (χ1v) is 10.1. The Bertz CT molecular complexity index is 936. The van der Waals surface area contributed by atoms with Gasteiger partial charge in [0, 0.05) is 30.4 Å². The van der Waals surface area contributed by atoms with E-state index in [1.807, 2.05) is 30.3 Å². The molecular formula is C21H24ClN5O. The lowest BCUT2D eigenvalue weighted by atomic mass is 10.1. The number of nitrogens with zero attached hydrogens (tertiary/aromatic N) is 3. The van der Waals surface area contributed by atoms with Crippen molar-refractivity contribution in [2.24, 2.45) is 0 Å². The summed E-state index contributed by atoms with van der Waals surface area (Å²) in [6, 6.07) is 9.24. The maximum Gasteiger partial charge on any atom is 0.242 e. The van der Waals surface area contributed by atoms with Gasteiger partial charge in [-0.25, -0.2) is 4.98 Å². The number of aromatic amines is 1. The van der Waals surface area contributed by atoms with Crippen LogP contribution in [-0.2, 0) is 11.2 Å². The average Bonchev–Trinajstić information content (AvgIpc) is 3.36. The van der Waals surface area contributed by atoms with Crippen LogP contribution in [0.4, 0.5) is 0 Å². The van der Waals surface area contributed by atoms with Crippen LogP contribution in [0.5, 0.6) is 0 Å². The molecule has 4 rings (SSSR count). The molecule has 0 aliphatic carbocycles. The molecule has 2 aromatic heterocycles. The standard InChI is InChI=1S/C21H24ClN5O/c22-16-7-8-17-18(13-16)26-19(25-17)6-4-10-24-21(28)20(27-11-1-2-12-27)15-5-3-9-23-14-15/h3,5,7-9,13-14,20H,1-2,4,6,10-12H2,(H,24,28)(H,25,26)/t20-/m0/s1. The van der Waals surface area contributed by atoms with Crippen LogP contribution in [0.2, 0.25) is 5.02 Å². The molecule has 28 heavy (non-hydrogen) atoms. The monoisotopic (exact) mass is 397 g/mol. The number of carbonyl (C=O) groups excluding carboxylic acids is 1. The Labute approximate surface area is 169 Å². The minimum atomic E-state index is -0.260. The summed E-state index contributed by atoms with van der Waals surface area (Å²) in [5.74, 6) is 0.959. The molecule has 3 heterocycles. The van der Waals surface area contributed by atoms with E-state index in [0.29, 0.717) is 11.6 Å². The van der Waals surface area contributed by atoms with Crippen LogP contribution in [0.15, 0.2) is 42.7 Å². The molecule has 1 fully saturated rings. The summed E-state index contributed by atoms with van der Waals surface area (Å²) in [5, 5.41) is 3.79. The number of H-pyrrole nitrogens is 1. The van der Waals surface area contributed by atoms with Crippen LogP contribution >= 0.6 is 11.6 Å². The van der Waals surface area contributed by atoms with Crippen LogP contribution < -0.4 is 5.32 Å². The van der Waals surface area contributed by atoms with E-state index in [-0.39, 0.29) is 11.9 Å². The predicted octanol–water partition coefficient (Wildman–Crippen LogP) is 3.50. The molecule has 0 saturated carbocycles. The zero-order valence-corrected chi connectivity index (χ0v) is 16.5. The van der Waals surface area contributed by atoms with Crippen LogP contribution in [0.25, 0.3) is 11.0 Å². The van der Waals surface area contributed by atoms with Gasteiger partial charge in [-0.05, 0) is 62.2 Å². The van der Waals surface area contributed by atoms with E-state index in [1.54, 1.807) is 12.4 Å². The number of rotatable bonds is 7. The van der Waals surface area contributed by atoms with Gasteiger partial charge in [-0.3, -0.25) is 14.7 Å². The molecular weight excluding hydrogens is 374 g/mol. The number of halogens is 1. The fourth-order valence-corrected chi connectivity index (χ4v) is 3.95. The minimum absolute atomic E-state index is 0.0475. The van der Waals surface area contributed by atoms with Gasteiger partial charge in [0.1, 0.15) is 11.9 Å². The Morgan fingerprint density at radius 1 is 1.29 bits per heavy atom. The Morgan fingerprint density at radius 2 is 2.14 bits per heavy atom. The number of imidazole rings is 1. The van der Waals surface area contributed by atoms with Gasteiger partial charge in [0.2, 0.25) is 5.91 Å². The lowest BCUT2D eigenvalue weighted by Crippen LogP contribution is -2.39. The number of aryl methyl sites for hydroxylation is 1. The molecule has 2 N–H and O–H groups in total. The van der Waals surface area contributed by atoms with E-state index in [4.69, 9.17) is 11.6 Å². The summed E-state index contributed by atoms with van der Waals surface area (Å²) >= 11 is 6.02. The average molecular weight is 398 g/mol. The fourth-order valence-electron chi connectivity index (χ4n) is 3.78. The quantitative estimate of drug-likeness (QED) is 0.598. The zero-order valence-electron chi connectivity index (χ0n) is 15.7. The number of nitrogens with one attached hydrogen (secondary N) is 2. The Balaban J connectivity index is 1.34. The lowest BCUT2D eigenvalue weighted by Gasteiger charge is -2.26. The van der Waals surface area contributed by atoms with Crippen molar-refractivity contribution < 1.29 is 4.79 Å². The molecule has 1 saturated heterocycles. The van der Waals surface area contributed by atoms with Gasteiger partial charge in [-0.15, -0.1) is 0 Å². The highest BCUT2D eigenvalue weighted by molar-refractivity contribution is 6.31. The summed E-state index contributed by atoms with van der Waals surface area (Å²) in [6.07, 6.45) is 7.40. The number of pyridine rings is 1. The minimum Gasteiger partial charge on any atom is -0.354 e. The Hall–Kier alpha value is -2.44. The van der Waals surface area contributed by atoms with E-state index in [1.165, 1.54) is 0 Å². The third-order valence-corrected chi connectivity index (χ3v) is 5.37. The van der Waals surface area contributed by atoms with E-state index in [9.17, 15) is 4.79 Å². The first kappa shape index (κ1) is 18.9. The number of hydrogen-bond acceptors (Lipinski definition) is 4. The molecule has 1 atom stereocenters. The molecule has 146 valence electrons. The lowest BCUT2D eigenvalue weighted by molar-refractivity contribution is -0.126. The second kappa shape index (κ2) is 8.71. The smallest absolute Gasteiger partial charge is 0.242 e. The van der Waals surface area contributed by atoms with Crippen molar-refractivity contribution in [3.05, 3.63) is 59.1 Å². The summed E-state index contributed by atoms with van der Waals surface area (Å²) in [6.45, 7) is 2.52. The van der Waals surface area contributed by atoms with Gasteiger partial charge in [-0.2, -0.15) is 0 Å². The molecule has 0 unspecified atom stereocenters. The zero-order chi connectivity index (χ0) is 19.3. The molecule has 1 aromatic carbocycles. The molecule has 0 spiro atoms.